The zero-order valence-electron chi connectivity index (χ0n) is 29.6. The molecule has 132 valence electrons. The second kappa shape index (κ2) is 7.58. The highest BCUT2D eigenvalue weighted by Crippen LogP contribution is 2.32. The summed E-state index contributed by atoms with van der Waals surface area (Å²) in [5, 5.41) is 8.60. The van der Waals surface area contributed by atoms with E-state index in [0.717, 1.165) is 0 Å². The molecule has 1 aromatic carbocycles. The van der Waals surface area contributed by atoms with Crippen LogP contribution in [-0.4, -0.2) is 33.9 Å². The molecular weight excluding hydrogens is 366 g/mol. The van der Waals surface area contributed by atoms with Crippen LogP contribution in [0.4, 0.5) is 5.82 Å². The van der Waals surface area contributed by atoms with Gasteiger partial charge in [-0.3, -0.25) is 4.90 Å². The maximum absolute atomic E-state index is 9.36. The number of likely N-dealkylation sites (tertiary alicyclic amines) is 1. The van der Waals surface area contributed by atoms with Crippen LogP contribution in [0.15, 0.2) is 36.5 Å². The minimum absolute atomic E-state index is 0.191. The highest BCUT2D eigenvalue weighted by atomic mass is 35.5. The quantitative estimate of drug-likeness (QED) is 0.707. The Kier molecular flexibility index (Phi) is 1.88. The third kappa shape index (κ3) is 3.80. The van der Waals surface area contributed by atoms with Crippen LogP contribution in [0.1, 0.15) is 45.8 Å². The van der Waals surface area contributed by atoms with Gasteiger partial charge < -0.3 is 5.31 Å². The van der Waals surface area contributed by atoms with Crippen LogP contribution in [0.5, 0.6) is 0 Å². The van der Waals surface area contributed by atoms with Crippen LogP contribution < -0.4 is 5.31 Å². The van der Waals surface area contributed by atoms with Crippen molar-refractivity contribution in [3.63, 3.8) is 0 Å². The van der Waals surface area contributed by atoms with E-state index in [9.17, 15) is 5.26 Å². The van der Waals surface area contributed by atoms with Crippen LogP contribution in [-0.2, 0) is 6.50 Å². The van der Waals surface area contributed by atoms with E-state index in [1.165, 1.54) is 6.07 Å². The Morgan fingerprint density at radius 3 is 3.15 bits per heavy atom. The van der Waals surface area contributed by atoms with Crippen molar-refractivity contribution < 1.29 is 23.3 Å². The van der Waals surface area contributed by atoms with E-state index in [1.807, 2.05) is 0 Å². The molecule has 4 rings (SSSR count). The van der Waals surface area contributed by atoms with Crippen molar-refractivity contribution in [3.05, 3.63) is 52.0 Å². The standard InChI is InChI=1S/C19H18ClN5S/c20-17-9-16-18(22-12-23-19(16)26-17)24-15-4-6-25(7-5-15)11-14-3-1-2-13(8-14)10-21/h1-3,8-9,12,15H,4-7,11H2,(H,22,23,24)/i2D,3D,4D2,5D2,6D2,7D2,8D,9D,11D2,12D,15D/hD. The van der Waals surface area contributed by atoms with Gasteiger partial charge in [0.25, 0.3) is 0 Å². The van der Waals surface area contributed by atoms with Crippen molar-refractivity contribution in [2.45, 2.75) is 25.3 Å². The number of nitriles is 1. The zero-order valence-corrected chi connectivity index (χ0v) is 14.2. The topological polar surface area (TPSA) is 64.8 Å². The fourth-order valence-corrected chi connectivity index (χ4v) is 2.87. The average molecular weight is 401 g/mol. The molecule has 0 saturated carbocycles. The van der Waals surface area contributed by atoms with E-state index < -0.39 is 96.0 Å². The van der Waals surface area contributed by atoms with Crippen LogP contribution >= 0.6 is 22.9 Å². The molecule has 0 aliphatic carbocycles. The van der Waals surface area contributed by atoms with Gasteiger partial charge in [0, 0.05) is 39.2 Å². The fraction of sp³-hybridized carbons (Fsp3) is 0.316. The lowest BCUT2D eigenvalue weighted by atomic mass is 10.0. The SMILES string of the molecule is [2H]c1nc(N([2H])C2([2H])C([2H])([2H])C([2H])([2H])N(C([2H])([2H])c3c([2H])cc([2H])c(C#N)c3[2H])C([2H])([2H])C2([2H])[2H])c2c([2H])c(Cl)sc2n1. The van der Waals surface area contributed by atoms with Gasteiger partial charge in [-0.25, -0.2) is 9.97 Å². The van der Waals surface area contributed by atoms with Gasteiger partial charge in [-0.15, -0.1) is 11.3 Å². The molecule has 1 aliphatic heterocycles. The van der Waals surface area contributed by atoms with E-state index >= 15 is 0 Å². The first-order valence-corrected chi connectivity index (χ1v) is 8.11. The minimum Gasteiger partial charge on any atom is -0.367 e. The molecule has 1 fully saturated rings. The summed E-state index contributed by atoms with van der Waals surface area (Å²) < 4.78 is 144. The lowest BCUT2D eigenvalue weighted by Gasteiger charge is -2.32. The summed E-state index contributed by atoms with van der Waals surface area (Å²) in [7, 11) is 0. The number of nitrogens with one attached hydrogen (secondary N) is 1. The van der Waals surface area contributed by atoms with Crippen LogP contribution in [0.3, 0.4) is 0 Å². The molecule has 1 aliphatic rings. The average Bonchev–Trinajstić information content (AvgIpc) is 3.13. The van der Waals surface area contributed by atoms with Crippen LogP contribution in [0.2, 0.25) is 5.75 Å². The summed E-state index contributed by atoms with van der Waals surface area (Å²) in [6, 6.07) is -5.21. The summed E-state index contributed by atoms with van der Waals surface area (Å²) in [5.41, 5.74) is -1.95. The maximum Gasteiger partial charge on any atom is 0.162 e. The third-order valence-corrected chi connectivity index (χ3v) is 4.06. The highest BCUT2D eigenvalue weighted by molar-refractivity contribution is 7.22. The Morgan fingerprint density at radius 2 is 2.35 bits per heavy atom. The summed E-state index contributed by atoms with van der Waals surface area (Å²) >= 11 is 6.63. The molecule has 2 aromatic heterocycles. The highest BCUT2D eigenvalue weighted by Gasteiger charge is 2.20. The molecule has 3 aromatic rings. The smallest absolute Gasteiger partial charge is 0.162 e. The van der Waals surface area contributed by atoms with E-state index in [0.29, 0.717) is 17.4 Å². The van der Waals surface area contributed by atoms with E-state index in [1.54, 1.807) is 0 Å². The Bertz CT molecular complexity index is 1680. The number of aromatic nitrogens is 2. The van der Waals surface area contributed by atoms with E-state index in [4.69, 9.17) is 34.9 Å². The van der Waals surface area contributed by atoms with Crippen molar-refractivity contribution in [2.75, 3.05) is 18.3 Å². The molecule has 5 nitrogen and oxygen atoms in total. The van der Waals surface area contributed by atoms with Gasteiger partial charge in [0.1, 0.15) is 18.3 Å². The molecule has 0 radical (unpaired) electrons. The molecule has 0 spiro atoms. The number of hydrogen-bond acceptors (Lipinski definition) is 6. The van der Waals surface area contributed by atoms with Crippen molar-refractivity contribution in [1.29, 1.82) is 5.26 Å². The number of fused-ring (bicyclic) bond motifs is 1. The Morgan fingerprint density at radius 1 is 1.50 bits per heavy atom. The molecule has 0 unspecified atom stereocenters. The number of rotatable bonds is 4. The largest absolute Gasteiger partial charge is 0.367 e. The van der Waals surface area contributed by atoms with Gasteiger partial charge in [-0.2, -0.15) is 5.26 Å². The monoisotopic (exact) mass is 400 g/mol. The number of benzene rings is 1. The maximum atomic E-state index is 9.36. The van der Waals surface area contributed by atoms with E-state index in [2.05, 4.69) is 9.97 Å². The lowest BCUT2D eigenvalue weighted by molar-refractivity contribution is 0.211. The molecular formula is C19H18ClN5S. The fourth-order valence-electron chi connectivity index (χ4n) is 1.90. The first kappa shape index (κ1) is 6.45. The van der Waals surface area contributed by atoms with E-state index in [-0.39, 0.29) is 14.5 Å². The lowest BCUT2D eigenvalue weighted by Crippen LogP contribution is -2.38. The van der Waals surface area contributed by atoms with Crippen LogP contribution in [0, 0.1) is 11.3 Å². The summed E-state index contributed by atoms with van der Waals surface area (Å²) in [4.78, 5) is 6.62. The molecule has 0 atom stereocenters. The minimum atomic E-state index is -4.09. The predicted octanol–water partition coefficient (Wildman–Crippen LogP) is 4.29. The molecule has 0 amide bonds. The number of piperidine rings is 1. The molecule has 3 heterocycles. The summed E-state index contributed by atoms with van der Waals surface area (Å²) in [6.45, 7) is -11.9. The summed E-state index contributed by atoms with van der Waals surface area (Å²) in [6.07, 6.45) is -9.02. The number of halogens is 1. The normalized spacial score (nSPS) is 34.8. The predicted molar refractivity (Wildman–Crippen MR) is 106 cm³/mol. The van der Waals surface area contributed by atoms with Crippen molar-refractivity contribution in [1.82, 2.24) is 14.9 Å². The van der Waals surface area contributed by atoms with Gasteiger partial charge >= 0.3 is 0 Å². The van der Waals surface area contributed by atoms with Gasteiger partial charge in [0.2, 0.25) is 0 Å². The van der Waals surface area contributed by atoms with Crippen molar-refractivity contribution >= 4 is 39.0 Å². The number of hydrogen-bond donors (Lipinski definition) is 1. The second-order valence-electron chi connectivity index (χ2n) is 4.63. The first-order chi connectivity index (χ1) is 19.4. The molecule has 0 bridgehead atoms. The van der Waals surface area contributed by atoms with Gasteiger partial charge in [0.05, 0.1) is 28.2 Å². The van der Waals surface area contributed by atoms with Crippen LogP contribution in [0.25, 0.3) is 10.2 Å². The summed E-state index contributed by atoms with van der Waals surface area (Å²) in [5.74, 6) is -0.944. The number of anilines is 1. The first-order valence-electron chi connectivity index (χ1n) is 15.4. The van der Waals surface area contributed by atoms with Gasteiger partial charge in [0.15, 0.2) is 1.41 Å². The molecule has 1 N–H and O–H groups in total. The Labute approximate surface area is 185 Å². The Hall–Kier alpha value is -2.20. The third-order valence-electron chi connectivity index (χ3n) is 2.96. The zero-order chi connectivity index (χ0) is 33.0. The Balaban J connectivity index is 2.05. The van der Waals surface area contributed by atoms with Crippen molar-refractivity contribution in [2.24, 2.45) is 0 Å². The molecule has 26 heavy (non-hydrogen) atoms. The number of nitrogens with zero attached hydrogens (tertiary/aromatic N) is 4. The molecule has 1 saturated heterocycles. The van der Waals surface area contributed by atoms with Gasteiger partial charge in [-0.1, -0.05) is 23.7 Å². The molecule has 7 heteroatoms. The number of thiophene rings is 1. The van der Waals surface area contributed by atoms with Crippen molar-refractivity contribution in [3.8, 4) is 6.07 Å². The van der Waals surface area contributed by atoms with Gasteiger partial charge in [-0.05, 0) is 36.4 Å². The second-order valence-corrected chi connectivity index (χ2v) is 6.23.